The predicted octanol–water partition coefficient (Wildman–Crippen LogP) is 3.01. The second kappa shape index (κ2) is 6.46. The molecule has 3 saturated carbocycles. The molecule has 3 nitrogen and oxygen atoms in total. The highest BCUT2D eigenvalue weighted by molar-refractivity contribution is 5.79. The molecular formula is C17H29NO2. The molecule has 0 spiro atoms. The number of nitrogens with one attached hydrogen (secondary N) is 1. The Hall–Kier alpha value is -0.570. The Labute approximate surface area is 122 Å². The topological polar surface area (TPSA) is 49.3 Å². The molecule has 4 unspecified atom stereocenters. The minimum absolute atomic E-state index is 0.133. The van der Waals surface area contributed by atoms with Crippen LogP contribution in [0.15, 0.2) is 0 Å². The summed E-state index contributed by atoms with van der Waals surface area (Å²) in [4.78, 5) is 12.5. The lowest BCUT2D eigenvalue weighted by atomic mass is 9.65. The van der Waals surface area contributed by atoms with Crippen molar-refractivity contribution in [2.45, 2.75) is 82.8 Å². The van der Waals surface area contributed by atoms with Gasteiger partial charge in [0.1, 0.15) is 0 Å². The summed E-state index contributed by atoms with van der Waals surface area (Å²) in [5.74, 6) is 1.06. The molecule has 2 N–H and O–H groups in total. The van der Waals surface area contributed by atoms with Crippen molar-refractivity contribution in [3.8, 4) is 0 Å². The predicted molar refractivity (Wildman–Crippen MR) is 79.2 cm³/mol. The number of rotatable bonds is 2. The summed E-state index contributed by atoms with van der Waals surface area (Å²) in [7, 11) is 0. The summed E-state index contributed by atoms with van der Waals surface area (Å²) in [6.07, 6.45) is 12.6. The fourth-order valence-electron chi connectivity index (χ4n) is 4.75. The molecule has 3 fully saturated rings. The third kappa shape index (κ3) is 3.03. The van der Waals surface area contributed by atoms with Crippen molar-refractivity contribution in [2.75, 3.05) is 0 Å². The standard InChI is InChI=1S/C17H29NO2/c19-16-14-9-5-4-6-12(14)10-11-15(16)17(20)18-13-7-2-1-3-8-13/h12-16,19H,1-11H2,(H,18,20). The number of fused-ring (bicyclic) bond motifs is 1. The number of carbonyl (C=O) groups excluding carboxylic acids is 1. The minimum atomic E-state index is -0.391. The second-order valence-electron chi connectivity index (χ2n) is 7.23. The lowest BCUT2D eigenvalue weighted by Gasteiger charge is -2.43. The SMILES string of the molecule is O=C(NC1CCCCC1)C1CCC2CCCCC2C1O. The monoisotopic (exact) mass is 279 g/mol. The van der Waals surface area contributed by atoms with Crippen LogP contribution in [0, 0.1) is 17.8 Å². The van der Waals surface area contributed by atoms with Gasteiger partial charge in [0.2, 0.25) is 5.91 Å². The molecule has 3 heteroatoms. The van der Waals surface area contributed by atoms with E-state index in [2.05, 4.69) is 5.32 Å². The first-order valence-corrected chi connectivity index (χ1v) is 8.74. The van der Waals surface area contributed by atoms with Gasteiger partial charge in [0.25, 0.3) is 0 Å². The van der Waals surface area contributed by atoms with Crippen molar-refractivity contribution in [2.24, 2.45) is 17.8 Å². The van der Waals surface area contributed by atoms with Crippen LogP contribution in [0.4, 0.5) is 0 Å². The van der Waals surface area contributed by atoms with Crippen LogP contribution in [0.25, 0.3) is 0 Å². The molecule has 0 aliphatic heterocycles. The molecule has 3 aliphatic carbocycles. The van der Waals surface area contributed by atoms with Crippen LogP contribution in [0.1, 0.15) is 70.6 Å². The van der Waals surface area contributed by atoms with Crippen LogP contribution in [-0.4, -0.2) is 23.2 Å². The zero-order chi connectivity index (χ0) is 13.9. The van der Waals surface area contributed by atoms with Gasteiger partial charge in [-0.2, -0.15) is 0 Å². The number of amides is 1. The lowest BCUT2D eigenvalue weighted by molar-refractivity contribution is -0.135. The van der Waals surface area contributed by atoms with Crippen LogP contribution in [-0.2, 0) is 4.79 Å². The summed E-state index contributed by atoms with van der Waals surface area (Å²) < 4.78 is 0. The third-order valence-electron chi connectivity index (χ3n) is 5.96. The lowest BCUT2D eigenvalue weighted by Crippen LogP contribution is -2.49. The Morgan fingerprint density at radius 3 is 2.35 bits per heavy atom. The molecule has 0 aromatic carbocycles. The van der Waals surface area contributed by atoms with Crippen LogP contribution >= 0.6 is 0 Å². The smallest absolute Gasteiger partial charge is 0.225 e. The van der Waals surface area contributed by atoms with Gasteiger partial charge in [-0.1, -0.05) is 38.5 Å². The van der Waals surface area contributed by atoms with Crippen molar-refractivity contribution in [3.63, 3.8) is 0 Å². The van der Waals surface area contributed by atoms with Gasteiger partial charge < -0.3 is 10.4 Å². The summed E-state index contributed by atoms with van der Waals surface area (Å²) in [5, 5.41) is 13.8. The van der Waals surface area contributed by atoms with Crippen molar-refractivity contribution in [3.05, 3.63) is 0 Å². The van der Waals surface area contributed by atoms with Gasteiger partial charge in [0, 0.05) is 6.04 Å². The first-order chi connectivity index (χ1) is 9.75. The molecule has 0 radical (unpaired) electrons. The first kappa shape index (κ1) is 14.4. The highest BCUT2D eigenvalue weighted by Crippen LogP contribution is 2.43. The average molecular weight is 279 g/mol. The van der Waals surface area contributed by atoms with Crippen LogP contribution in [0.5, 0.6) is 0 Å². The van der Waals surface area contributed by atoms with Crippen molar-refractivity contribution in [1.29, 1.82) is 0 Å². The van der Waals surface area contributed by atoms with Crippen LogP contribution in [0.2, 0.25) is 0 Å². The number of hydrogen-bond acceptors (Lipinski definition) is 2. The van der Waals surface area contributed by atoms with Gasteiger partial charge in [0.15, 0.2) is 0 Å². The average Bonchev–Trinajstić information content (AvgIpc) is 2.49. The second-order valence-corrected chi connectivity index (χ2v) is 7.23. The van der Waals surface area contributed by atoms with Crippen molar-refractivity contribution < 1.29 is 9.90 Å². The summed E-state index contributed by atoms with van der Waals surface area (Å²) in [6.45, 7) is 0. The molecular weight excluding hydrogens is 250 g/mol. The molecule has 0 bridgehead atoms. The Kier molecular flexibility index (Phi) is 4.65. The molecule has 20 heavy (non-hydrogen) atoms. The normalized spacial score (nSPS) is 39.0. The van der Waals surface area contributed by atoms with E-state index in [1.807, 2.05) is 0 Å². The largest absolute Gasteiger partial charge is 0.392 e. The maximum absolute atomic E-state index is 12.5. The Morgan fingerprint density at radius 2 is 1.55 bits per heavy atom. The minimum Gasteiger partial charge on any atom is -0.392 e. The van der Waals surface area contributed by atoms with Crippen LogP contribution in [0.3, 0.4) is 0 Å². The van der Waals surface area contributed by atoms with E-state index in [1.165, 1.54) is 38.5 Å². The molecule has 3 rings (SSSR count). The van der Waals surface area contributed by atoms with Gasteiger partial charge >= 0.3 is 0 Å². The zero-order valence-corrected chi connectivity index (χ0v) is 12.5. The summed E-state index contributed by atoms with van der Waals surface area (Å²) in [6, 6.07) is 0.368. The highest BCUT2D eigenvalue weighted by Gasteiger charge is 2.42. The quantitative estimate of drug-likeness (QED) is 0.816. The van der Waals surface area contributed by atoms with Gasteiger partial charge in [-0.3, -0.25) is 4.79 Å². The molecule has 114 valence electrons. The third-order valence-corrected chi connectivity index (χ3v) is 5.96. The van der Waals surface area contributed by atoms with E-state index in [4.69, 9.17) is 0 Å². The molecule has 4 atom stereocenters. The maximum Gasteiger partial charge on any atom is 0.225 e. The van der Waals surface area contributed by atoms with Gasteiger partial charge in [-0.05, 0) is 43.9 Å². The van der Waals surface area contributed by atoms with E-state index in [0.29, 0.717) is 17.9 Å². The molecule has 0 aromatic heterocycles. The number of aliphatic hydroxyl groups is 1. The summed E-state index contributed by atoms with van der Waals surface area (Å²) in [5.41, 5.74) is 0. The maximum atomic E-state index is 12.5. The fraction of sp³-hybridized carbons (Fsp3) is 0.941. The Morgan fingerprint density at radius 1 is 0.850 bits per heavy atom. The van der Waals surface area contributed by atoms with Crippen molar-refractivity contribution >= 4 is 5.91 Å². The van der Waals surface area contributed by atoms with Crippen LogP contribution < -0.4 is 5.32 Å². The van der Waals surface area contributed by atoms with E-state index >= 15 is 0 Å². The van der Waals surface area contributed by atoms with E-state index < -0.39 is 6.10 Å². The van der Waals surface area contributed by atoms with Gasteiger partial charge in [-0.15, -0.1) is 0 Å². The van der Waals surface area contributed by atoms with Gasteiger partial charge in [-0.25, -0.2) is 0 Å². The number of hydrogen-bond donors (Lipinski definition) is 2. The van der Waals surface area contributed by atoms with Crippen molar-refractivity contribution in [1.82, 2.24) is 5.32 Å². The van der Waals surface area contributed by atoms with E-state index in [1.54, 1.807) is 0 Å². The first-order valence-electron chi connectivity index (χ1n) is 8.74. The molecule has 0 saturated heterocycles. The Bertz CT molecular complexity index is 338. The highest BCUT2D eigenvalue weighted by atomic mass is 16.3. The number of aliphatic hydroxyl groups excluding tert-OH is 1. The molecule has 0 aromatic rings. The van der Waals surface area contributed by atoms with Gasteiger partial charge in [0.05, 0.1) is 12.0 Å². The Balaban J connectivity index is 1.57. The zero-order valence-electron chi connectivity index (χ0n) is 12.5. The number of carbonyl (C=O) groups is 1. The summed E-state index contributed by atoms with van der Waals surface area (Å²) >= 11 is 0. The van der Waals surface area contributed by atoms with E-state index in [9.17, 15) is 9.90 Å². The molecule has 1 amide bonds. The molecule has 3 aliphatic rings. The van der Waals surface area contributed by atoms with E-state index in [0.717, 1.165) is 32.1 Å². The van der Waals surface area contributed by atoms with E-state index in [-0.39, 0.29) is 11.8 Å². The molecule has 0 heterocycles. The fourth-order valence-corrected chi connectivity index (χ4v) is 4.75.